The van der Waals surface area contributed by atoms with Crippen LogP contribution in [0.15, 0.2) is 71.9 Å². The average molecular weight is 527 g/mol. The lowest BCUT2D eigenvalue weighted by Gasteiger charge is -2.35. The van der Waals surface area contributed by atoms with Gasteiger partial charge in [-0.05, 0) is 54.7 Å². The minimum absolute atomic E-state index is 0.00906. The Labute approximate surface area is 229 Å². The molecular weight excluding hydrogens is 492 g/mol. The largest absolute Gasteiger partial charge is 0.493 e. The smallest absolute Gasteiger partial charge is 0.227 e. The predicted octanol–water partition coefficient (Wildman–Crippen LogP) is 6.33. The molecule has 202 valence electrons. The van der Waals surface area contributed by atoms with Crippen molar-refractivity contribution in [2.24, 2.45) is 0 Å². The van der Waals surface area contributed by atoms with Crippen LogP contribution in [0.1, 0.15) is 54.8 Å². The Bertz CT molecular complexity index is 1420. The number of aryl methyl sites for hydroxylation is 1. The molecule has 0 bridgehead atoms. The maximum Gasteiger partial charge on any atom is 0.227 e. The molecule has 1 N–H and O–H groups in total. The Morgan fingerprint density at radius 3 is 2.21 bits per heavy atom. The zero-order chi connectivity index (χ0) is 27.7. The molecule has 39 heavy (non-hydrogen) atoms. The van der Waals surface area contributed by atoms with E-state index in [-0.39, 0.29) is 17.6 Å². The first kappa shape index (κ1) is 26.4. The Morgan fingerprint density at radius 1 is 0.923 bits per heavy atom. The van der Waals surface area contributed by atoms with E-state index in [1.165, 1.54) is 0 Å². The third-order valence-corrected chi connectivity index (χ3v) is 7.61. The third-order valence-electron chi connectivity index (χ3n) is 7.61. The minimum Gasteiger partial charge on any atom is -0.493 e. The first-order chi connectivity index (χ1) is 18.9. The number of nitrogens with zero attached hydrogens (tertiary/aromatic N) is 1. The number of rotatable bonds is 6. The number of carbonyl (C=O) groups excluding carboxylic acids is 2. The van der Waals surface area contributed by atoms with Crippen molar-refractivity contribution in [1.82, 2.24) is 0 Å². The highest BCUT2D eigenvalue weighted by Crippen LogP contribution is 2.49. The molecule has 7 nitrogen and oxygen atoms in total. The van der Waals surface area contributed by atoms with E-state index in [1.807, 2.05) is 74.5 Å². The van der Waals surface area contributed by atoms with Crippen molar-refractivity contribution in [3.8, 4) is 17.2 Å². The minimum atomic E-state index is -0.530. The number of amides is 1. The number of allylic oxidation sites excluding steroid dienone is 1. The maximum atomic E-state index is 14.1. The van der Waals surface area contributed by atoms with E-state index < -0.39 is 6.04 Å². The molecular formula is C32H34N2O5. The van der Waals surface area contributed by atoms with Crippen LogP contribution in [0, 0.1) is 6.92 Å². The first-order valence-electron chi connectivity index (χ1n) is 13.2. The van der Waals surface area contributed by atoms with Crippen molar-refractivity contribution in [2.75, 3.05) is 31.5 Å². The molecule has 5 rings (SSSR count). The van der Waals surface area contributed by atoms with Crippen LogP contribution in [-0.4, -0.2) is 33.0 Å². The summed E-state index contributed by atoms with van der Waals surface area (Å²) in [5, 5.41) is 3.57. The number of fused-ring (bicyclic) bond motifs is 1. The lowest BCUT2D eigenvalue weighted by Crippen LogP contribution is -2.38. The average Bonchev–Trinajstić information content (AvgIpc) is 3.11. The monoisotopic (exact) mass is 526 g/mol. The Hall–Kier alpha value is -4.26. The van der Waals surface area contributed by atoms with Gasteiger partial charge in [-0.1, -0.05) is 48.9 Å². The van der Waals surface area contributed by atoms with E-state index in [0.29, 0.717) is 42.1 Å². The number of para-hydroxylation sites is 2. The van der Waals surface area contributed by atoms with Gasteiger partial charge in [0.05, 0.1) is 38.7 Å². The van der Waals surface area contributed by atoms with Gasteiger partial charge in [-0.3, -0.25) is 14.5 Å². The quantitative estimate of drug-likeness (QED) is 0.404. The highest BCUT2D eigenvalue weighted by Gasteiger charge is 2.41. The molecule has 0 saturated heterocycles. The zero-order valence-corrected chi connectivity index (χ0v) is 23.0. The van der Waals surface area contributed by atoms with E-state index in [1.54, 1.807) is 26.2 Å². The summed E-state index contributed by atoms with van der Waals surface area (Å²) in [6, 6.07) is 19.2. The molecule has 2 unspecified atom stereocenters. The van der Waals surface area contributed by atoms with Crippen molar-refractivity contribution >= 4 is 23.1 Å². The van der Waals surface area contributed by atoms with Gasteiger partial charge in [0, 0.05) is 24.1 Å². The van der Waals surface area contributed by atoms with Crippen LogP contribution in [0.25, 0.3) is 0 Å². The van der Waals surface area contributed by atoms with Gasteiger partial charge in [-0.25, -0.2) is 0 Å². The SMILES string of the molecule is CCC(=O)N1c2ccccc2NC2=C(C(=O)CC(c3cc(OC)c(OC)c(OC)c3)C2)C1c1ccc(C)cc1. The van der Waals surface area contributed by atoms with Crippen LogP contribution in [0.3, 0.4) is 0 Å². The molecule has 1 amide bonds. The van der Waals surface area contributed by atoms with Crippen LogP contribution < -0.4 is 24.4 Å². The molecule has 7 heteroatoms. The number of ether oxygens (including phenoxy) is 3. The van der Waals surface area contributed by atoms with Gasteiger partial charge in [0.2, 0.25) is 11.7 Å². The summed E-state index contributed by atoms with van der Waals surface area (Å²) in [5.74, 6) is 1.47. The molecule has 1 heterocycles. The molecule has 2 aliphatic rings. The maximum absolute atomic E-state index is 14.1. The topological polar surface area (TPSA) is 77.1 Å². The van der Waals surface area contributed by atoms with Crippen molar-refractivity contribution in [3.05, 3.63) is 88.6 Å². The number of nitrogens with one attached hydrogen (secondary N) is 1. The highest BCUT2D eigenvalue weighted by atomic mass is 16.5. The Balaban J connectivity index is 1.68. The second kappa shape index (κ2) is 10.8. The van der Waals surface area contributed by atoms with Crippen LogP contribution >= 0.6 is 0 Å². The molecule has 0 spiro atoms. The first-order valence-corrected chi connectivity index (χ1v) is 13.2. The van der Waals surface area contributed by atoms with Gasteiger partial charge in [-0.2, -0.15) is 0 Å². The highest BCUT2D eigenvalue weighted by molar-refractivity contribution is 6.06. The zero-order valence-electron chi connectivity index (χ0n) is 23.0. The number of anilines is 2. The molecule has 3 aromatic rings. The number of hydrogen-bond acceptors (Lipinski definition) is 6. The second-order valence-corrected chi connectivity index (χ2v) is 9.95. The standard InChI is InChI=1S/C32H34N2O5/c1-6-29(36)34-25-10-8-7-9-23(25)33-24-15-21(22-17-27(37-3)32(39-5)28(18-22)38-4)16-26(35)30(24)31(34)20-13-11-19(2)12-14-20/h7-14,17-18,21,31,33H,6,15-16H2,1-5H3. The summed E-state index contributed by atoms with van der Waals surface area (Å²) in [4.78, 5) is 29.5. The fraction of sp³-hybridized carbons (Fsp3) is 0.312. The molecule has 0 radical (unpaired) electrons. The molecule has 2 atom stereocenters. The molecule has 1 aliphatic carbocycles. The number of ketones is 1. The summed E-state index contributed by atoms with van der Waals surface area (Å²) in [7, 11) is 4.74. The second-order valence-electron chi connectivity index (χ2n) is 9.95. The molecule has 0 saturated carbocycles. The van der Waals surface area contributed by atoms with Crippen LogP contribution in [0.4, 0.5) is 11.4 Å². The normalized spacial score (nSPS) is 18.5. The number of hydrogen-bond donors (Lipinski definition) is 1. The lowest BCUT2D eigenvalue weighted by atomic mass is 9.78. The van der Waals surface area contributed by atoms with E-state index in [9.17, 15) is 9.59 Å². The fourth-order valence-corrected chi connectivity index (χ4v) is 5.67. The van der Waals surface area contributed by atoms with Crippen LogP contribution in [-0.2, 0) is 9.59 Å². The molecule has 1 aliphatic heterocycles. The van der Waals surface area contributed by atoms with Gasteiger partial charge in [-0.15, -0.1) is 0 Å². The third kappa shape index (κ3) is 4.73. The van der Waals surface area contributed by atoms with Gasteiger partial charge < -0.3 is 19.5 Å². The Kier molecular flexibility index (Phi) is 7.33. The van der Waals surface area contributed by atoms with E-state index in [4.69, 9.17) is 14.2 Å². The molecule has 0 fully saturated rings. The van der Waals surface area contributed by atoms with Crippen LogP contribution in [0.2, 0.25) is 0 Å². The number of benzene rings is 3. The molecule has 3 aromatic carbocycles. The number of methoxy groups -OCH3 is 3. The van der Waals surface area contributed by atoms with E-state index in [0.717, 1.165) is 33.8 Å². The number of carbonyl (C=O) groups is 2. The van der Waals surface area contributed by atoms with Crippen molar-refractivity contribution in [2.45, 2.75) is 45.1 Å². The van der Waals surface area contributed by atoms with E-state index in [2.05, 4.69) is 5.32 Å². The van der Waals surface area contributed by atoms with Gasteiger partial charge in [0.25, 0.3) is 0 Å². The summed E-state index contributed by atoms with van der Waals surface area (Å²) in [6.45, 7) is 3.88. The summed E-state index contributed by atoms with van der Waals surface area (Å²) >= 11 is 0. The van der Waals surface area contributed by atoms with Crippen molar-refractivity contribution in [1.29, 1.82) is 0 Å². The predicted molar refractivity (Wildman–Crippen MR) is 152 cm³/mol. The summed E-state index contributed by atoms with van der Waals surface area (Å²) < 4.78 is 16.7. The summed E-state index contributed by atoms with van der Waals surface area (Å²) in [5.41, 5.74) is 5.99. The lowest BCUT2D eigenvalue weighted by molar-refractivity contribution is -0.119. The van der Waals surface area contributed by atoms with Gasteiger partial charge >= 0.3 is 0 Å². The molecule has 0 aromatic heterocycles. The van der Waals surface area contributed by atoms with Crippen LogP contribution in [0.5, 0.6) is 17.2 Å². The van der Waals surface area contributed by atoms with Crippen molar-refractivity contribution < 1.29 is 23.8 Å². The number of Topliss-reactive ketones (excluding diaryl/α,β-unsaturated/α-hetero) is 1. The van der Waals surface area contributed by atoms with Gasteiger partial charge in [0.15, 0.2) is 17.3 Å². The van der Waals surface area contributed by atoms with Gasteiger partial charge in [0.1, 0.15) is 0 Å². The summed E-state index contributed by atoms with van der Waals surface area (Å²) in [6.07, 6.45) is 1.21. The van der Waals surface area contributed by atoms with E-state index >= 15 is 0 Å². The fourth-order valence-electron chi connectivity index (χ4n) is 5.67. The van der Waals surface area contributed by atoms with Crippen molar-refractivity contribution in [3.63, 3.8) is 0 Å². The Morgan fingerprint density at radius 2 is 1.59 bits per heavy atom.